The normalized spacial score (nSPS) is 30.1. The summed E-state index contributed by atoms with van der Waals surface area (Å²) >= 11 is 0. The summed E-state index contributed by atoms with van der Waals surface area (Å²) in [4.78, 5) is 43.8. The van der Waals surface area contributed by atoms with Crippen LogP contribution in [0, 0.1) is 5.92 Å². The highest BCUT2D eigenvalue weighted by molar-refractivity contribution is 5.89. The maximum Gasteiger partial charge on any atom is 0.228 e. The minimum Gasteiger partial charge on any atom is -0.345 e. The molecule has 3 aliphatic rings. The van der Waals surface area contributed by atoms with E-state index in [1.54, 1.807) is 18.9 Å². The Morgan fingerprint density at radius 1 is 1.00 bits per heavy atom. The minimum atomic E-state index is -0.265. The second-order valence-corrected chi connectivity index (χ2v) is 8.80. The third kappa shape index (κ3) is 3.77. The maximum atomic E-state index is 13.5. The number of fused-ring (bicyclic) bond motifs is 1. The van der Waals surface area contributed by atoms with E-state index in [1.807, 2.05) is 28.0 Å². The zero-order chi connectivity index (χ0) is 20.5. The van der Waals surface area contributed by atoms with E-state index >= 15 is 0 Å². The second kappa shape index (κ2) is 8.17. The van der Waals surface area contributed by atoms with Gasteiger partial charge in [-0.2, -0.15) is 0 Å². The van der Waals surface area contributed by atoms with E-state index < -0.39 is 0 Å². The van der Waals surface area contributed by atoms with E-state index in [1.165, 1.54) is 5.56 Å². The Morgan fingerprint density at radius 2 is 1.76 bits per heavy atom. The van der Waals surface area contributed by atoms with E-state index in [4.69, 9.17) is 0 Å². The van der Waals surface area contributed by atoms with E-state index in [9.17, 15) is 14.4 Å². The first kappa shape index (κ1) is 19.9. The summed E-state index contributed by atoms with van der Waals surface area (Å²) in [5.74, 6) is 0.0655. The largest absolute Gasteiger partial charge is 0.345 e. The van der Waals surface area contributed by atoms with Crippen molar-refractivity contribution in [2.75, 3.05) is 26.7 Å². The summed E-state index contributed by atoms with van der Waals surface area (Å²) in [6, 6.07) is 10.3. The van der Waals surface area contributed by atoms with Gasteiger partial charge in [-0.15, -0.1) is 0 Å². The maximum absolute atomic E-state index is 13.5. The lowest BCUT2D eigenvalue weighted by atomic mass is 9.87. The Morgan fingerprint density at radius 3 is 2.41 bits per heavy atom. The lowest BCUT2D eigenvalue weighted by molar-refractivity contribution is -0.139. The zero-order valence-electron chi connectivity index (χ0n) is 17.4. The van der Waals surface area contributed by atoms with Crippen molar-refractivity contribution in [2.24, 2.45) is 5.92 Å². The predicted molar refractivity (Wildman–Crippen MR) is 110 cm³/mol. The van der Waals surface area contributed by atoms with Gasteiger partial charge in [-0.25, -0.2) is 0 Å². The van der Waals surface area contributed by atoms with E-state index in [2.05, 4.69) is 12.1 Å². The molecule has 3 saturated heterocycles. The molecule has 0 radical (unpaired) electrons. The molecular weight excluding hydrogens is 366 g/mol. The van der Waals surface area contributed by atoms with Crippen LogP contribution in [0.3, 0.4) is 0 Å². The fourth-order valence-electron chi connectivity index (χ4n) is 5.51. The number of rotatable bonds is 2. The van der Waals surface area contributed by atoms with Crippen molar-refractivity contribution < 1.29 is 14.4 Å². The summed E-state index contributed by atoms with van der Waals surface area (Å²) in [7, 11) is 1.77. The van der Waals surface area contributed by atoms with Gasteiger partial charge in [0.2, 0.25) is 17.7 Å². The van der Waals surface area contributed by atoms with Crippen LogP contribution in [-0.4, -0.2) is 71.2 Å². The first-order valence-corrected chi connectivity index (χ1v) is 10.8. The standard InChI is InChI=1S/C23H31N3O3/c1-16(27)25-12-8-4-7-11-20-22(25)19(17-9-5-3-6-10-17)15-26(20)23(29)18-13-21(28)24(2)14-18/h3,5-6,9-10,18-20,22H,4,7-8,11-15H2,1-2H3/t18-,19-,20+,22-/m0/s1. The molecule has 3 aliphatic heterocycles. The molecule has 3 heterocycles. The number of hydrogen-bond donors (Lipinski definition) is 0. The Hall–Kier alpha value is -2.37. The number of likely N-dealkylation sites (tertiary alicyclic amines) is 3. The molecule has 4 atom stereocenters. The molecular formula is C23H31N3O3. The monoisotopic (exact) mass is 397 g/mol. The van der Waals surface area contributed by atoms with Gasteiger partial charge < -0.3 is 14.7 Å². The molecule has 1 aromatic rings. The van der Waals surface area contributed by atoms with Crippen LogP contribution in [0.2, 0.25) is 0 Å². The molecule has 6 nitrogen and oxygen atoms in total. The second-order valence-electron chi connectivity index (χ2n) is 8.80. The van der Waals surface area contributed by atoms with Gasteiger partial charge in [0, 0.05) is 45.9 Å². The van der Waals surface area contributed by atoms with Crippen LogP contribution >= 0.6 is 0 Å². The van der Waals surface area contributed by atoms with Gasteiger partial charge in [0.05, 0.1) is 18.0 Å². The molecule has 0 spiro atoms. The van der Waals surface area contributed by atoms with E-state index in [0.717, 1.165) is 32.2 Å². The molecule has 3 fully saturated rings. The molecule has 0 unspecified atom stereocenters. The van der Waals surface area contributed by atoms with Gasteiger partial charge in [-0.1, -0.05) is 43.2 Å². The van der Waals surface area contributed by atoms with Crippen LogP contribution in [-0.2, 0) is 14.4 Å². The van der Waals surface area contributed by atoms with Crippen molar-refractivity contribution in [1.29, 1.82) is 0 Å². The summed E-state index contributed by atoms with van der Waals surface area (Å²) in [6.07, 6.45) is 4.38. The summed E-state index contributed by atoms with van der Waals surface area (Å²) in [5.41, 5.74) is 1.18. The topological polar surface area (TPSA) is 60.9 Å². The molecule has 6 heteroatoms. The first-order valence-electron chi connectivity index (χ1n) is 10.8. The summed E-state index contributed by atoms with van der Waals surface area (Å²) in [6.45, 7) is 3.52. The van der Waals surface area contributed by atoms with Crippen molar-refractivity contribution in [3.05, 3.63) is 35.9 Å². The van der Waals surface area contributed by atoms with Crippen LogP contribution in [0.4, 0.5) is 0 Å². The van der Waals surface area contributed by atoms with Crippen molar-refractivity contribution in [2.45, 2.75) is 57.0 Å². The summed E-state index contributed by atoms with van der Waals surface area (Å²) in [5, 5.41) is 0. The molecule has 0 aliphatic carbocycles. The molecule has 1 aromatic carbocycles. The van der Waals surface area contributed by atoms with Crippen LogP contribution in [0.5, 0.6) is 0 Å². The quantitative estimate of drug-likeness (QED) is 0.769. The number of nitrogens with zero attached hydrogens (tertiary/aromatic N) is 3. The molecule has 0 N–H and O–H groups in total. The lowest BCUT2D eigenvalue weighted by Crippen LogP contribution is -2.51. The fraction of sp³-hybridized carbons (Fsp3) is 0.609. The van der Waals surface area contributed by atoms with Crippen molar-refractivity contribution in [3.8, 4) is 0 Å². The Labute approximate surface area is 172 Å². The SMILES string of the molecule is CC(=O)N1CCCCC[C@@H]2[C@@H]1[C@H](c1ccccc1)CN2C(=O)[C@H]1CC(=O)N(C)C1. The van der Waals surface area contributed by atoms with Gasteiger partial charge >= 0.3 is 0 Å². The number of benzene rings is 1. The molecule has 0 aromatic heterocycles. The first-order chi connectivity index (χ1) is 14.0. The number of amides is 3. The van der Waals surface area contributed by atoms with E-state index in [-0.39, 0.29) is 41.6 Å². The predicted octanol–water partition coefficient (Wildman–Crippen LogP) is 2.25. The molecule has 29 heavy (non-hydrogen) atoms. The molecule has 0 saturated carbocycles. The van der Waals surface area contributed by atoms with Gasteiger partial charge in [0.15, 0.2) is 0 Å². The van der Waals surface area contributed by atoms with Crippen LogP contribution in [0.25, 0.3) is 0 Å². The highest BCUT2D eigenvalue weighted by Gasteiger charge is 2.49. The number of carbonyl (C=O) groups is 3. The van der Waals surface area contributed by atoms with Crippen LogP contribution in [0.15, 0.2) is 30.3 Å². The Bertz CT molecular complexity index is 781. The number of hydrogen-bond acceptors (Lipinski definition) is 3. The van der Waals surface area contributed by atoms with Crippen molar-refractivity contribution in [3.63, 3.8) is 0 Å². The molecule has 156 valence electrons. The zero-order valence-corrected chi connectivity index (χ0v) is 17.4. The smallest absolute Gasteiger partial charge is 0.228 e. The van der Waals surface area contributed by atoms with Gasteiger partial charge in [-0.3, -0.25) is 14.4 Å². The molecule has 3 amide bonds. The van der Waals surface area contributed by atoms with Gasteiger partial charge in [0.25, 0.3) is 0 Å². The number of carbonyl (C=O) groups excluding carboxylic acids is 3. The highest BCUT2D eigenvalue weighted by atomic mass is 16.2. The highest BCUT2D eigenvalue weighted by Crippen LogP contribution is 2.40. The molecule has 4 rings (SSSR count). The third-order valence-electron chi connectivity index (χ3n) is 6.96. The minimum absolute atomic E-state index is 0.00832. The van der Waals surface area contributed by atoms with Crippen molar-refractivity contribution >= 4 is 17.7 Å². The lowest BCUT2D eigenvalue weighted by Gasteiger charge is -2.39. The Balaban J connectivity index is 1.68. The van der Waals surface area contributed by atoms with E-state index in [0.29, 0.717) is 19.5 Å². The third-order valence-corrected chi connectivity index (χ3v) is 6.96. The van der Waals surface area contributed by atoms with Crippen molar-refractivity contribution in [1.82, 2.24) is 14.7 Å². The fourth-order valence-corrected chi connectivity index (χ4v) is 5.51. The van der Waals surface area contributed by atoms with Crippen LogP contribution < -0.4 is 0 Å². The Kier molecular flexibility index (Phi) is 5.61. The van der Waals surface area contributed by atoms with Gasteiger partial charge in [0.1, 0.15) is 0 Å². The van der Waals surface area contributed by atoms with Gasteiger partial charge in [-0.05, 0) is 18.4 Å². The average molecular weight is 398 g/mol. The summed E-state index contributed by atoms with van der Waals surface area (Å²) < 4.78 is 0. The van der Waals surface area contributed by atoms with Crippen LogP contribution in [0.1, 0.15) is 50.5 Å². The average Bonchev–Trinajstić information content (AvgIpc) is 3.22. The molecule has 0 bridgehead atoms.